The predicted octanol–water partition coefficient (Wildman–Crippen LogP) is 1.81. The SMILES string of the molecule is CC(=O)N1CC2CCC1(c1nc(O)c(O)c(C(=O)NCc3ccc(F)cc3)n1)C2. The van der Waals surface area contributed by atoms with Gasteiger partial charge in [-0.25, -0.2) is 9.37 Å². The third-order valence-electron chi connectivity index (χ3n) is 5.79. The zero-order chi connectivity index (χ0) is 20.8. The van der Waals surface area contributed by atoms with Gasteiger partial charge in [-0.1, -0.05) is 12.1 Å². The number of piperidine rings is 1. The van der Waals surface area contributed by atoms with Crippen molar-refractivity contribution in [2.45, 2.75) is 38.3 Å². The number of amides is 2. The van der Waals surface area contributed by atoms with E-state index in [-0.39, 0.29) is 29.8 Å². The van der Waals surface area contributed by atoms with Crippen LogP contribution in [0.2, 0.25) is 0 Å². The Hall–Kier alpha value is -3.23. The second-order valence-electron chi connectivity index (χ2n) is 7.65. The van der Waals surface area contributed by atoms with E-state index in [0.717, 1.165) is 6.42 Å². The van der Waals surface area contributed by atoms with Crippen molar-refractivity contribution in [1.82, 2.24) is 20.2 Å². The van der Waals surface area contributed by atoms with Gasteiger partial charge in [-0.05, 0) is 42.9 Å². The predicted molar refractivity (Wildman–Crippen MR) is 99.3 cm³/mol. The molecule has 2 aliphatic rings. The van der Waals surface area contributed by atoms with Crippen molar-refractivity contribution in [3.63, 3.8) is 0 Å². The number of nitrogens with one attached hydrogen (secondary N) is 1. The lowest BCUT2D eigenvalue weighted by molar-refractivity contribution is -0.134. The van der Waals surface area contributed by atoms with Gasteiger partial charge in [0.1, 0.15) is 11.4 Å². The minimum Gasteiger partial charge on any atom is -0.501 e. The molecular weight excluding hydrogens is 379 g/mol. The van der Waals surface area contributed by atoms with Crippen LogP contribution in [0.5, 0.6) is 11.6 Å². The van der Waals surface area contributed by atoms with Gasteiger partial charge < -0.3 is 20.4 Å². The van der Waals surface area contributed by atoms with E-state index in [1.54, 1.807) is 4.90 Å². The van der Waals surface area contributed by atoms with Crippen molar-refractivity contribution in [3.8, 4) is 11.6 Å². The topological polar surface area (TPSA) is 116 Å². The van der Waals surface area contributed by atoms with Crippen molar-refractivity contribution >= 4 is 11.8 Å². The third kappa shape index (κ3) is 3.26. The van der Waals surface area contributed by atoms with Crippen LogP contribution in [0.3, 0.4) is 0 Å². The van der Waals surface area contributed by atoms with Crippen molar-refractivity contribution < 1.29 is 24.2 Å². The van der Waals surface area contributed by atoms with Crippen LogP contribution in [0.4, 0.5) is 4.39 Å². The number of benzene rings is 1. The van der Waals surface area contributed by atoms with Gasteiger partial charge in [0.2, 0.25) is 11.7 Å². The summed E-state index contributed by atoms with van der Waals surface area (Å²) in [6.45, 7) is 2.15. The number of carbonyl (C=O) groups is 2. The molecule has 0 radical (unpaired) electrons. The molecule has 2 aromatic rings. The van der Waals surface area contributed by atoms with Gasteiger partial charge in [0.05, 0.1) is 0 Å². The average Bonchev–Trinajstić information content (AvgIpc) is 3.29. The van der Waals surface area contributed by atoms with Crippen LogP contribution in [0.15, 0.2) is 24.3 Å². The van der Waals surface area contributed by atoms with E-state index < -0.39 is 23.1 Å². The van der Waals surface area contributed by atoms with Crippen molar-refractivity contribution in [1.29, 1.82) is 0 Å². The molecule has 8 nitrogen and oxygen atoms in total. The molecule has 2 unspecified atom stereocenters. The van der Waals surface area contributed by atoms with Crippen LogP contribution < -0.4 is 5.32 Å². The van der Waals surface area contributed by atoms with E-state index in [4.69, 9.17) is 0 Å². The summed E-state index contributed by atoms with van der Waals surface area (Å²) < 4.78 is 13.0. The molecule has 2 fully saturated rings. The highest BCUT2D eigenvalue weighted by molar-refractivity contribution is 5.95. The molecule has 9 heteroatoms. The first-order valence-corrected chi connectivity index (χ1v) is 9.41. The summed E-state index contributed by atoms with van der Waals surface area (Å²) in [4.78, 5) is 34.7. The van der Waals surface area contributed by atoms with Crippen LogP contribution in [-0.2, 0) is 16.9 Å². The fourth-order valence-electron chi connectivity index (χ4n) is 4.39. The van der Waals surface area contributed by atoms with E-state index in [2.05, 4.69) is 15.3 Å². The van der Waals surface area contributed by atoms with Gasteiger partial charge >= 0.3 is 0 Å². The molecule has 2 bridgehead atoms. The first kappa shape index (κ1) is 19.1. The Morgan fingerprint density at radius 3 is 2.66 bits per heavy atom. The number of likely N-dealkylation sites (tertiary alicyclic amines) is 1. The Bertz CT molecular complexity index is 981. The van der Waals surface area contributed by atoms with Crippen LogP contribution in [0.25, 0.3) is 0 Å². The highest BCUT2D eigenvalue weighted by atomic mass is 19.1. The van der Waals surface area contributed by atoms with Crippen LogP contribution in [0.1, 0.15) is 48.1 Å². The standard InChI is InChI=1S/C20H21FN4O4/c1-11(26)25-10-13-6-7-20(25,8-13)19-23-15(16(27)18(29)24-19)17(28)22-9-12-2-4-14(21)5-3-12/h2-5,13,27H,6-10H2,1H3,(H,22,28)(H,23,24,29). The van der Waals surface area contributed by atoms with E-state index in [0.29, 0.717) is 30.9 Å². The average molecular weight is 400 g/mol. The fourth-order valence-corrected chi connectivity index (χ4v) is 4.39. The molecule has 1 saturated heterocycles. The maximum Gasteiger partial charge on any atom is 0.274 e. The Morgan fingerprint density at radius 1 is 1.28 bits per heavy atom. The van der Waals surface area contributed by atoms with E-state index in [1.165, 1.54) is 31.2 Å². The number of rotatable bonds is 4. The Labute approximate surface area is 166 Å². The summed E-state index contributed by atoms with van der Waals surface area (Å²) in [6.07, 6.45) is 2.20. The summed E-state index contributed by atoms with van der Waals surface area (Å²) in [5, 5.41) is 22.9. The first-order valence-electron chi connectivity index (χ1n) is 9.41. The molecule has 2 atom stereocenters. The summed E-state index contributed by atoms with van der Waals surface area (Å²) in [5.41, 5.74) is -0.468. The Morgan fingerprint density at radius 2 is 2.00 bits per heavy atom. The summed E-state index contributed by atoms with van der Waals surface area (Å²) >= 11 is 0. The zero-order valence-electron chi connectivity index (χ0n) is 15.9. The van der Waals surface area contributed by atoms with Gasteiger partial charge in [-0.15, -0.1) is 0 Å². The van der Waals surface area contributed by atoms with Gasteiger partial charge in [-0.2, -0.15) is 4.98 Å². The monoisotopic (exact) mass is 400 g/mol. The zero-order valence-corrected chi connectivity index (χ0v) is 15.9. The Kier molecular flexibility index (Phi) is 4.60. The largest absolute Gasteiger partial charge is 0.501 e. The Balaban J connectivity index is 1.63. The molecule has 3 N–H and O–H groups in total. The molecular formula is C20H21FN4O4. The molecule has 152 valence electrons. The number of aromatic nitrogens is 2. The smallest absolute Gasteiger partial charge is 0.274 e. The highest BCUT2D eigenvalue weighted by Crippen LogP contribution is 2.52. The van der Waals surface area contributed by atoms with E-state index in [1.807, 2.05) is 0 Å². The lowest BCUT2D eigenvalue weighted by Crippen LogP contribution is -2.46. The molecule has 1 aliphatic heterocycles. The lowest BCUT2D eigenvalue weighted by atomic mass is 9.95. The van der Waals surface area contributed by atoms with Crippen LogP contribution in [0, 0.1) is 11.7 Å². The van der Waals surface area contributed by atoms with E-state index in [9.17, 15) is 24.2 Å². The van der Waals surface area contributed by atoms with Crippen molar-refractivity contribution in [2.75, 3.05) is 6.54 Å². The molecule has 1 aromatic heterocycles. The quantitative estimate of drug-likeness (QED) is 0.721. The lowest BCUT2D eigenvalue weighted by Gasteiger charge is -2.37. The maximum absolute atomic E-state index is 13.0. The van der Waals surface area contributed by atoms with E-state index >= 15 is 0 Å². The number of carbonyl (C=O) groups excluding carboxylic acids is 2. The number of hydrogen-bond acceptors (Lipinski definition) is 6. The van der Waals surface area contributed by atoms with Gasteiger partial charge in [0, 0.05) is 20.0 Å². The fraction of sp³-hybridized carbons (Fsp3) is 0.400. The maximum atomic E-state index is 13.0. The van der Waals surface area contributed by atoms with Gasteiger partial charge in [-0.3, -0.25) is 9.59 Å². The summed E-state index contributed by atoms with van der Waals surface area (Å²) in [6, 6.07) is 5.61. The third-order valence-corrected chi connectivity index (χ3v) is 5.79. The summed E-state index contributed by atoms with van der Waals surface area (Å²) in [5.74, 6) is -2.14. The minimum atomic E-state index is -0.770. The number of halogens is 1. The van der Waals surface area contributed by atoms with Crippen LogP contribution in [-0.4, -0.2) is 43.4 Å². The second-order valence-corrected chi connectivity index (χ2v) is 7.65. The van der Waals surface area contributed by atoms with Gasteiger partial charge in [0.25, 0.3) is 11.8 Å². The first-order chi connectivity index (χ1) is 13.8. The normalized spacial score (nSPS) is 22.7. The van der Waals surface area contributed by atoms with Crippen LogP contribution >= 0.6 is 0 Å². The van der Waals surface area contributed by atoms with Gasteiger partial charge in [0.15, 0.2) is 11.5 Å². The molecule has 0 spiro atoms. The van der Waals surface area contributed by atoms with Crippen molar-refractivity contribution in [3.05, 3.63) is 47.2 Å². The van der Waals surface area contributed by atoms with Crippen molar-refractivity contribution in [2.24, 2.45) is 5.92 Å². The molecule has 29 heavy (non-hydrogen) atoms. The number of nitrogens with zero attached hydrogens (tertiary/aromatic N) is 3. The number of hydrogen-bond donors (Lipinski definition) is 3. The molecule has 2 amide bonds. The molecule has 1 aromatic carbocycles. The molecule has 4 rings (SSSR count). The number of aromatic hydroxyl groups is 2. The number of fused-ring (bicyclic) bond motifs is 2. The highest BCUT2D eigenvalue weighted by Gasteiger charge is 2.55. The minimum absolute atomic E-state index is 0.0887. The summed E-state index contributed by atoms with van der Waals surface area (Å²) in [7, 11) is 0. The second kappa shape index (κ2) is 6.98. The molecule has 1 aliphatic carbocycles. The molecule has 1 saturated carbocycles. The molecule has 2 heterocycles.